The molecule has 2 nitrogen and oxygen atoms in total. The zero-order valence-corrected chi connectivity index (χ0v) is 6.07. The number of allylic oxidation sites excluding steroid dienone is 4. The molecule has 1 aliphatic rings. The normalized spacial score (nSPS) is 16.4. The SMILES string of the molecule is O=CNC1=[C]C=CCC1=S. The first kappa shape index (κ1) is 7.15. The van der Waals surface area contributed by atoms with Gasteiger partial charge in [0, 0.05) is 17.4 Å². The van der Waals surface area contributed by atoms with E-state index in [2.05, 4.69) is 11.4 Å². The van der Waals surface area contributed by atoms with Crippen LogP contribution in [0.1, 0.15) is 6.42 Å². The molecule has 1 aliphatic carbocycles. The Labute approximate surface area is 64.6 Å². The van der Waals surface area contributed by atoms with Crippen molar-refractivity contribution in [2.24, 2.45) is 0 Å². The van der Waals surface area contributed by atoms with Crippen LogP contribution in [0.3, 0.4) is 0 Å². The van der Waals surface area contributed by atoms with E-state index in [-0.39, 0.29) is 0 Å². The van der Waals surface area contributed by atoms with Crippen molar-refractivity contribution in [3.8, 4) is 0 Å². The maximum absolute atomic E-state index is 9.96. The van der Waals surface area contributed by atoms with Crippen molar-refractivity contribution >= 4 is 23.5 Å². The largest absolute Gasteiger partial charge is 0.327 e. The van der Waals surface area contributed by atoms with E-state index in [1.54, 1.807) is 6.08 Å². The van der Waals surface area contributed by atoms with Crippen LogP contribution in [-0.2, 0) is 4.79 Å². The van der Waals surface area contributed by atoms with Crippen molar-refractivity contribution in [1.29, 1.82) is 0 Å². The summed E-state index contributed by atoms with van der Waals surface area (Å²) in [4.78, 5) is 10.7. The molecule has 0 saturated carbocycles. The summed E-state index contributed by atoms with van der Waals surface area (Å²) in [5.41, 5.74) is 0.618. The second kappa shape index (κ2) is 3.27. The molecule has 0 aromatic carbocycles. The standard InChI is InChI=1S/C7H6NOS/c9-5-8-6-3-1-2-4-7(6)10/h1-2,5H,4H2,(H,8,9). The molecule has 0 atom stereocenters. The Bertz CT molecular complexity index is 218. The summed E-state index contributed by atoms with van der Waals surface area (Å²) < 4.78 is 0. The summed E-state index contributed by atoms with van der Waals surface area (Å²) in [7, 11) is 0. The molecule has 0 aromatic heterocycles. The third-order valence-corrected chi connectivity index (χ3v) is 1.50. The van der Waals surface area contributed by atoms with Crippen molar-refractivity contribution in [3.05, 3.63) is 23.9 Å². The van der Waals surface area contributed by atoms with Crippen molar-refractivity contribution in [2.45, 2.75) is 6.42 Å². The van der Waals surface area contributed by atoms with Gasteiger partial charge in [-0.2, -0.15) is 0 Å². The van der Waals surface area contributed by atoms with E-state index >= 15 is 0 Å². The first-order valence-corrected chi connectivity index (χ1v) is 3.27. The quantitative estimate of drug-likeness (QED) is 0.467. The summed E-state index contributed by atoms with van der Waals surface area (Å²) in [5.74, 6) is 0. The maximum Gasteiger partial charge on any atom is 0.211 e. The average molecular weight is 152 g/mol. The highest BCUT2D eigenvalue weighted by atomic mass is 32.1. The van der Waals surface area contributed by atoms with Crippen LogP contribution >= 0.6 is 12.2 Å². The lowest BCUT2D eigenvalue weighted by Gasteiger charge is -2.06. The van der Waals surface area contributed by atoms with Gasteiger partial charge in [-0.25, -0.2) is 0 Å². The molecule has 0 saturated heterocycles. The lowest BCUT2D eigenvalue weighted by Crippen LogP contribution is -2.18. The molecule has 0 spiro atoms. The monoisotopic (exact) mass is 152 g/mol. The predicted octanol–water partition coefficient (Wildman–Crippen LogP) is 0.749. The predicted molar refractivity (Wildman–Crippen MR) is 42.3 cm³/mol. The van der Waals surface area contributed by atoms with E-state index in [1.807, 2.05) is 6.08 Å². The molecule has 0 bridgehead atoms. The van der Waals surface area contributed by atoms with Gasteiger partial charge in [-0.1, -0.05) is 24.4 Å². The Morgan fingerprint density at radius 2 is 2.60 bits per heavy atom. The van der Waals surface area contributed by atoms with Crippen LogP contribution in [0.15, 0.2) is 17.8 Å². The summed E-state index contributed by atoms with van der Waals surface area (Å²) in [6.45, 7) is 0. The summed E-state index contributed by atoms with van der Waals surface area (Å²) in [5, 5.41) is 2.47. The van der Waals surface area contributed by atoms with Crippen LogP contribution in [0, 0.1) is 6.08 Å². The average Bonchev–Trinajstić information content (AvgIpc) is 1.94. The lowest BCUT2D eigenvalue weighted by molar-refractivity contribution is -0.108. The van der Waals surface area contributed by atoms with Crippen molar-refractivity contribution in [2.75, 3.05) is 0 Å². The summed E-state index contributed by atoms with van der Waals surface area (Å²) >= 11 is 4.92. The molecule has 0 heterocycles. The second-order valence-electron chi connectivity index (χ2n) is 1.81. The van der Waals surface area contributed by atoms with E-state index in [0.717, 1.165) is 11.3 Å². The minimum absolute atomic E-state index is 0.605. The van der Waals surface area contributed by atoms with E-state index in [4.69, 9.17) is 12.2 Å². The molecule has 1 radical (unpaired) electrons. The van der Waals surface area contributed by atoms with Gasteiger partial charge in [-0.3, -0.25) is 4.79 Å². The molecular weight excluding hydrogens is 146 g/mol. The van der Waals surface area contributed by atoms with Crippen LogP contribution in [0.5, 0.6) is 0 Å². The van der Waals surface area contributed by atoms with Gasteiger partial charge >= 0.3 is 0 Å². The number of hydrogen-bond donors (Lipinski definition) is 1. The number of hydrogen-bond acceptors (Lipinski definition) is 2. The topological polar surface area (TPSA) is 29.1 Å². The number of amides is 1. The van der Waals surface area contributed by atoms with Gasteiger partial charge in [-0.15, -0.1) is 0 Å². The molecule has 1 N–H and O–H groups in total. The van der Waals surface area contributed by atoms with E-state index < -0.39 is 0 Å². The van der Waals surface area contributed by atoms with E-state index in [1.165, 1.54) is 0 Å². The molecule has 0 unspecified atom stereocenters. The van der Waals surface area contributed by atoms with Crippen LogP contribution in [0.4, 0.5) is 0 Å². The molecule has 0 aliphatic heterocycles. The number of rotatable bonds is 2. The Kier molecular flexibility index (Phi) is 2.34. The minimum atomic E-state index is 0.605. The molecule has 1 rings (SSSR count). The fourth-order valence-electron chi connectivity index (χ4n) is 0.672. The molecule has 51 valence electrons. The molecule has 0 aromatic rings. The Balaban J connectivity index is 2.70. The highest BCUT2D eigenvalue weighted by Gasteiger charge is 2.04. The number of carbonyl (C=O) groups is 1. The number of carbonyl (C=O) groups excluding carboxylic acids is 1. The van der Waals surface area contributed by atoms with Gasteiger partial charge in [0.15, 0.2) is 0 Å². The van der Waals surface area contributed by atoms with Crippen LogP contribution in [0.25, 0.3) is 0 Å². The second-order valence-corrected chi connectivity index (χ2v) is 2.30. The fourth-order valence-corrected chi connectivity index (χ4v) is 0.886. The molecule has 10 heavy (non-hydrogen) atoms. The molecule has 1 amide bonds. The van der Waals surface area contributed by atoms with Gasteiger partial charge in [-0.05, 0) is 0 Å². The third kappa shape index (κ3) is 1.51. The first-order valence-electron chi connectivity index (χ1n) is 2.86. The first-order chi connectivity index (χ1) is 4.84. The van der Waals surface area contributed by atoms with Crippen LogP contribution in [-0.4, -0.2) is 11.3 Å². The maximum atomic E-state index is 9.96. The van der Waals surface area contributed by atoms with Gasteiger partial charge in [0.05, 0.1) is 5.70 Å². The van der Waals surface area contributed by atoms with Crippen molar-refractivity contribution < 1.29 is 4.79 Å². The number of thiocarbonyl (C=S) groups is 1. The van der Waals surface area contributed by atoms with Crippen molar-refractivity contribution in [1.82, 2.24) is 5.32 Å². The van der Waals surface area contributed by atoms with Gasteiger partial charge in [0.25, 0.3) is 0 Å². The minimum Gasteiger partial charge on any atom is -0.327 e. The molecular formula is C7H6NOS. The van der Waals surface area contributed by atoms with Gasteiger partial charge in [0.1, 0.15) is 0 Å². The van der Waals surface area contributed by atoms with E-state index in [0.29, 0.717) is 12.1 Å². The van der Waals surface area contributed by atoms with Gasteiger partial charge < -0.3 is 5.32 Å². The van der Waals surface area contributed by atoms with Crippen molar-refractivity contribution in [3.63, 3.8) is 0 Å². The summed E-state index contributed by atoms with van der Waals surface area (Å²) in [6, 6.07) is 0. The zero-order valence-electron chi connectivity index (χ0n) is 5.26. The smallest absolute Gasteiger partial charge is 0.211 e. The summed E-state index contributed by atoms with van der Waals surface area (Å²) in [6.07, 6.45) is 7.80. The Hall–Kier alpha value is -0.960. The zero-order chi connectivity index (χ0) is 7.40. The fraction of sp³-hybridized carbons (Fsp3) is 0.143. The van der Waals surface area contributed by atoms with Crippen LogP contribution in [0.2, 0.25) is 0 Å². The van der Waals surface area contributed by atoms with Gasteiger partial charge in [0.2, 0.25) is 6.41 Å². The van der Waals surface area contributed by atoms with E-state index in [9.17, 15) is 4.79 Å². The highest BCUT2D eigenvalue weighted by molar-refractivity contribution is 7.80. The lowest BCUT2D eigenvalue weighted by atomic mass is 10.1. The number of nitrogens with one attached hydrogen (secondary N) is 1. The Morgan fingerprint density at radius 1 is 1.80 bits per heavy atom. The molecule has 0 fully saturated rings. The Morgan fingerprint density at radius 3 is 3.20 bits per heavy atom. The molecule has 3 heteroatoms. The highest BCUT2D eigenvalue weighted by Crippen LogP contribution is 2.04. The third-order valence-electron chi connectivity index (χ3n) is 1.13. The van der Waals surface area contributed by atoms with Crippen LogP contribution < -0.4 is 5.32 Å².